The highest BCUT2D eigenvalue weighted by molar-refractivity contribution is 6.10. The van der Waals surface area contributed by atoms with E-state index < -0.39 is 0 Å². The molecule has 0 aliphatic carbocycles. The third-order valence-corrected chi connectivity index (χ3v) is 4.53. The van der Waals surface area contributed by atoms with Gasteiger partial charge in [-0.1, -0.05) is 29.8 Å². The topological polar surface area (TPSA) is 58.6 Å². The Kier molecular flexibility index (Phi) is 4.12. The number of amides is 2. The third-order valence-electron chi connectivity index (χ3n) is 4.53. The Morgan fingerprint density at radius 1 is 0.963 bits per heavy atom. The fourth-order valence-corrected chi connectivity index (χ4v) is 2.99. The highest BCUT2D eigenvalue weighted by atomic mass is 16.5. The number of anilines is 2. The lowest BCUT2D eigenvalue weighted by molar-refractivity contribution is 0.0991. The van der Waals surface area contributed by atoms with Crippen LogP contribution in [0, 0.1) is 6.92 Å². The van der Waals surface area contributed by atoms with Gasteiger partial charge in [0, 0.05) is 18.3 Å². The molecular formula is C22H18N2O3. The van der Waals surface area contributed by atoms with Crippen LogP contribution in [0.5, 0.6) is 11.5 Å². The Bertz CT molecular complexity index is 1040. The number of hydrogen-bond donors (Lipinski definition) is 1. The number of carbonyl (C=O) groups excluding carboxylic acids is 2. The molecule has 0 atom stereocenters. The molecule has 0 saturated carbocycles. The van der Waals surface area contributed by atoms with Crippen LogP contribution in [0.15, 0.2) is 66.7 Å². The van der Waals surface area contributed by atoms with Gasteiger partial charge in [-0.05, 0) is 49.4 Å². The third kappa shape index (κ3) is 3.15. The van der Waals surface area contributed by atoms with Gasteiger partial charge in [0.05, 0.1) is 11.3 Å². The maximum absolute atomic E-state index is 12.7. The van der Waals surface area contributed by atoms with Crippen molar-refractivity contribution in [3.63, 3.8) is 0 Å². The van der Waals surface area contributed by atoms with Crippen LogP contribution in [-0.4, -0.2) is 18.9 Å². The minimum atomic E-state index is -0.207. The van der Waals surface area contributed by atoms with Gasteiger partial charge in [0.1, 0.15) is 5.75 Å². The first-order chi connectivity index (χ1) is 13.0. The van der Waals surface area contributed by atoms with Gasteiger partial charge in [-0.3, -0.25) is 9.59 Å². The molecule has 1 aliphatic rings. The van der Waals surface area contributed by atoms with Crippen molar-refractivity contribution in [1.29, 1.82) is 0 Å². The van der Waals surface area contributed by atoms with Crippen molar-refractivity contribution in [3.05, 3.63) is 83.4 Å². The summed E-state index contributed by atoms with van der Waals surface area (Å²) < 4.78 is 5.93. The lowest BCUT2D eigenvalue weighted by atomic mass is 10.1. The van der Waals surface area contributed by atoms with Gasteiger partial charge in [0.25, 0.3) is 11.8 Å². The monoisotopic (exact) mass is 358 g/mol. The average Bonchev–Trinajstić information content (AvgIpc) is 2.78. The second-order valence-electron chi connectivity index (χ2n) is 6.47. The van der Waals surface area contributed by atoms with Crippen LogP contribution in [0.3, 0.4) is 0 Å². The Balaban J connectivity index is 1.65. The molecule has 134 valence electrons. The van der Waals surface area contributed by atoms with Crippen molar-refractivity contribution in [1.82, 2.24) is 0 Å². The van der Waals surface area contributed by atoms with Crippen LogP contribution in [0.25, 0.3) is 0 Å². The molecule has 3 aromatic carbocycles. The van der Waals surface area contributed by atoms with Gasteiger partial charge in [-0.2, -0.15) is 0 Å². The minimum Gasteiger partial charge on any atom is -0.454 e. The molecule has 2 amide bonds. The molecule has 0 aromatic heterocycles. The number of nitrogens with zero attached hydrogens (tertiary/aromatic N) is 1. The van der Waals surface area contributed by atoms with E-state index in [-0.39, 0.29) is 11.8 Å². The summed E-state index contributed by atoms with van der Waals surface area (Å²) in [7, 11) is 1.69. The number of benzene rings is 3. The Hall–Kier alpha value is -3.60. The van der Waals surface area contributed by atoms with Crippen LogP contribution in [0.2, 0.25) is 0 Å². The maximum atomic E-state index is 12.7. The fraction of sp³-hybridized carbons (Fsp3) is 0.0909. The van der Waals surface area contributed by atoms with Crippen LogP contribution in [0.1, 0.15) is 26.3 Å². The molecule has 1 aliphatic heterocycles. The summed E-state index contributed by atoms with van der Waals surface area (Å²) in [5.74, 6) is 0.710. The summed E-state index contributed by atoms with van der Waals surface area (Å²) >= 11 is 0. The Morgan fingerprint density at radius 3 is 2.48 bits per heavy atom. The maximum Gasteiger partial charge on any atom is 0.261 e. The lowest BCUT2D eigenvalue weighted by Crippen LogP contribution is -2.25. The second kappa shape index (κ2) is 6.61. The summed E-state index contributed by atoms with van der Waals surface area (Å²) in [6.45, 7) is 1.97. The molecule has 0 radical (unpaired) electrons. The Morgan fingerprint density at radius 2 is 1.70 bits per heavy atom. The number of fused-ring (bicyclic) bond motifs is 2. The summed E-state index contributed by atoms with van der Waals surface area (Å²) in [6.07, 6.45) is 0. The number of ether oxygens (including phenoxy) is 1. The molecule has 0 fully saturated rings. The van der Waals surface area contributed by atoms with Gasteiger partial charge >= 0.3 is 0 Å². The summed E-state index contributed by atoms with van der Waals surface area (Å²) in [5, 5.41) is 2.87. The second-order valence-corrected chi connectivity index (χ2v) is 6.47. The van der Waals surface area contributed by atoms with Crippen molar-refractivity contribution in [2.45, 2.75) is 6.92 Å². The van der Waals surface area contributed by atoms with E-state index in [1.54, 1.807) is 55.6 Å². The number of rotatable bonds is 2. The zero-order valence-electron chi connectivity index (χ0n) is 15.0. The number of nitrogens with one attached hydrogen (secondary N) is 1. The largest absolute Gasteiger partial charge is 0.454 e. The van der Waals surface area contributed by atoms with E-state index in [1.165, 1.54) is 4.90 Å². The molecule has 5 nitrogen and oxygen atoms in total. The minimum absolute atomic E-state index is 0.161. The van der Waals surface area contributed by atoms with Gasteiger partial charge in [-0.15, -0.1) is 0 Å². The standard InChI is InChI=1S/C22H18N2O3/c1-14-7-9-15(10-8-14)21(25)23-16-11-12-20-18(13-16)24(2)22(26)17-5-3-4-6-19(17)27-20/h3-13H,1-2H3,(H,23,25). The molecule has 0 saturated heterocycles. The summed E-state index contributed by atoms with van der Waals surface area (Å²) in [4.78, 5) is 26.7. The molecule has 0 spiro atoms. The van der Waals surface area contributed by atoms with Crippen LogP contribution >= 0.6 is 0 Å². The van der Waals surface area contributed by atoms with E-state index in [9.17, 15) is 9.59 Å². The number of carbonyl (C=O) groups is 2. The first kappa shape index (κ1) is 16.8. The van der Waals surface area contributed by atoms with Crippen molar-refractivity contribution >= 4 is 23.2 Å². The zero-order valence-corrected chi connectivity index (χ0v) is 15.0. The van der Waals surface area contributed by atoms with Gasteiger partial charge < -0.3 is 15.0 Å². The average molecular weight is 358 g/mol. The predicted octanol–water partition coefficient (Wildman–Crippen LogP) is 4.63. The van der Waals surface area contributed by atoms with E-state index >= 15 is 0 Å². The van der Waals surface area contributed by atoms with Gasteiger partial charge in [0.2, 0.25) is 0 Å². The first-order valence-corrected chi connectivity index (χ1v) is 8.60. The van der Waals surface area contributed by atoms with Crippen molar-refractivity contribution in [2.75, 3.05) is 17.3 Å². The normalized spacial score (nSPS) is 12.5. The molecule has 1 heterocycles. The predicted molar refractivity (Wildman–Crippen MR) is 105 cm³/mol. The first-order valence-electron chi connectivity index (χ1n) is 8.60. The summed E-state index contributed by atoms with van der Waals surface area (Å²) in [6, 6.07) is 19.7. The van der Waals surface area contributed by atoms with Crippen LogP contribution in [-0.2, 0) is 0 Å². The SMILES string of the molecule is Cc1ccc(C(=O)Nc2ccc3c(c2)N(C)C(=O)c2ccccc2O3)cc1. The highest BCUT2D eigenvalue weighted by Gasteiger charge is 2.25. The number of hydrogen-bond acceptors (Lipinski definition) is 3. The molecular weight excluding hydrogens is 340 g/mol. The van der Waals surface area contributed by atoms with Crippen molar-refractivity contribution in [3.8, 4) is 11.5 Å². The van der Waals surface area contributed by atoms with E-state index in [0.717, 1.165) is 5.56 Å². The van der Waals surface area contributed by atoms with E-state index in [1.807, 2.05) is 25.1 Å². The van der Waals surface area contributed by atoms with E-state index in [2.05, 4.69) is 5.32 Å². The molecule has 27 heavy (non-hydrogen) atoms. The van der Waals surface area contributed by atoms with Crippen LogP contribution in [0.4, 0.5) is 11.4 Å². The zero-order chi connectivity index (χ0) is 19.0. The molecule has 0 bridgehead atoms. The highest BCUT2D eigenvalue weighted by Crippen LogP contribution is 2.39. The van der Waals surface area contributed by atoms with Crippen molar-refractivity contribution < 1.29 is 14.3 Å². The smallest absolute Gasteiger partial charge is 0.261 e. The number of para-hydroxylation sites is 1. The fourth-order valence-electron chi connectivity index (χ4n) is 2.99. The van der Waals surface area contributed by atoms with Gasteiger partial charge in [0.15, 0.2) is 5.75 Å². The molecule has 5 heteroatoms. The molecule has 3 aromatic rings. The quantitative estimate of drug-likeness (QED) is 0.727. The number of aryl methyl sites for hydroxylation is 1. The van der Waals surface area contributed by atoms with E-state index in [0.29, 0.717) is 34.0 Å². The molecule has 1 N–H and O–H groups in total. The Labute approximate surface area is 157 Å². The summed E-state index contributed by atoms with van der Waals surface area (Å²) in [5.41, 5.74) is 3.35. The molecule has 0 unspecified atom stereocenters. The van der Waals surface area contributed by atoms with E-state index in [4.69, 9.17) is 4.74 Å². The van der Waals surface area contributed by atoms with Crippen LogP contribution < -0.4 is 15.0 Å². The lowest BCUT2D eigenvalue weighted by Gasteiger charge is -2.17. The molecule has 4 rings (SSSR count). The van der Waals surface area contributed by atoms with Gasteiger partial charge in [-0.25, -0.2) is 0 Å². The van der Waals surface area contributed by atoms with Crippen molar-refractivity contribution in [2.24, 2.45) is 0 Å².